The average Bonchev–Trinajstić information content (AvgIpc) is 2.08. The van der Waals surface area contributed by atoms with Gasteiger partial charge < -0.3 is 0 Å². The standard InChI is InChI=1S/C8H5BrClIO/c9-7-2-1-5(11)3-6(7)8(12)4-10/h1-3H,4H2. The molecule has 1 nitrogen and oxygen atoms in total. The number of hydrogen-bond donors (Lipinski definition) is 0. The number of ketones is 1. The number of carbonyl (C=O) groups is 1. The van der Waals surface area contributed by atoms with Gasteiger partial charge in [0, 0.05) is 13.6 Å². The molecule has 0 fully saturated rings. The lowest BCUT2D eigenvalue weighted by molar-refractivity contribution is 0.102. The Kier molecular flexibility index (Phi) is 3.99. The molecule has 0 atom stereocenters. The summed E-state index contributed by atoms with van der Waals surface area (Å²) in [7, 11) is 0. The summed E-state index contributed by atoms with van der Waals surface area (Å²) in [4.78, 5) is 11.2. The van der Waals surface area contributed by atoms with E-state index in [1.54, 1.807) is 0 Å². The van der Waals surface area contributed by atoms with Crippen LogP contribution < -0.4 is 0 Å². The van der Waals surface area contributed by atoms with Crippen molar-refractivity contribution in [2.75, 3.05) is 5.88 Å². The van der Waals surface area contributed by atoms with Crippen LogP contribution in [0.15, 0.2) is 22.7 Å². The second kappa shape index (κ2) is 4.58. The van der Waals surface area contributed by atoms with Gasteiger partial charge in [-0.05, 0) is 40.8 Å². The summed E-state index contributed by atoms with van der Waals surface area (Å²) in [5.74, 6) is -0.0272. The van der Waals surface area contributed by atoms with Crippen molar-refractivity contribution in [3.05, 3.63) is 31.8 Å². The summed E-state index contributed by atoms with van der Waals surface area (Å²) in [5, 5.41) is 0. The van der Waals surface area contributed by atoms with E-state index in [1.807, 2.05) is 18.2 Å². The number of benzene rings is 1. The maximum Gasteiger partial charge on any atom is 0.178 e. The Labute approximate surface area is 97.8 Å². The maximum absolute atomic E-state index is 11.2. The van der Waals surface area contributed by atoms with E-state index in [-0.39, 0.29) is 11.7 Å². The van der Waals surface area contributed by atoms with Gasteiger partial charge in [-0.15, -0.1) is 11.6 Å². The van der Waals surface area contributed by atoms with Gasteiger partial charge in [-0.3, -0.25) is 4.79 Å². The van der Waals surface area contributed by atoms with E-state index in [9.17, 15) is 4.79 Å². The Balaban J connectivity index is 3.13. The molecule has 0 unspecified atom stereocenters. The first-order chi connectivity index (χ1) is 5.65. The Bertz CT molecular complexity index is 314. The molecule has 0 amide bonds. The minimum atomic E-state index is -0.0537. The minimum absolute atomic E-state index is 0.0265. The lowest BCUT2D eigenvalue weighted by atomic mass is 10.1. The van der Waals surface area contributed by atoms with E-state index in [2.05, 4.69) is 38.5 Å². The third kappa shape index (κ3) is 2.44. The van der Waals surface area contributed by atoms with Crippen molar-refractivity contribution < 1.29 is 4.79 Å². The van der Waals surface area contributed by atoms with Crippen LogP contribution in [-0.2, 0) is 0 Å². The predicted molar refractivity (Wildman–Crippen MR) is 61.9 cm³/mol. The molecule has 0 aromatic heterocycles. The van der Waals surface area contributed by atoms with E-state index in [0.29, 0.717) is 5.56 Å². The first-order valence-corrected chi connectivity index (χ1v) is 5.60. The number of Topliss-reactive ketones (excluding diaryl/α,β-unsaturated/α-hetero) is 1. The monoisotopic (exact) mass is 358 g/mol. The van der Waals surface area contributed by atoms with Gasteiger partial charge in [0.05, 0.1) is 5.88 Å². The molecule has 64 valence electrons. The zero-order valence-electron chi connectivity index (χ0n) is 5.98. The van der Waals surface area contributed by atoms with Gasteiger partial charge in [0.2, 0.25) is 0 Å². The highest BCUT2D eigenvalue weighted by Crippen LogP contribution is 2.20. The fourth-order valence-electron chi connectivity index (χ4n) is 0.783. The van der Waals surface area contributed by atoms with Crippen LogP contribution in [0, 0.1) is 3.57 Å². The topological polar surface area (TPSA) is 17.1 Å². The first-order valence-electron chi connectivity index (χ1n) is 3.19. The van der Waals surface area contributed by atoms with Gasteiger partial charge in [0.1, 0.15) is 0 Å². The highest BCUT2D eigenvalue weighted by atomic mass is 127. The van der Waals surface area contributed by atoms with Gasteiger partial charge in [-0.2, -0.15) is 0 Å². The van der Waals surface area contributed by atoms with Crippen LogP contribution in [0.5, 0.6) is 0 Å². The molecule has 0 aliphatic heterocycles. The normalized spacial score (nSPS) is 9.92. The van der Waals surface area contributed by atoms with Crippen LogP contribution in [0.1, 0.15) is 10.4 Å². The summed E-state index contributed by atoms with van der Waals surface area (Å²) < 4.78 is 1.83. The van der Waals surface area contributed by atoms with E-state index in [1.165, 1.54) is 0 Å². The number of carbonyl (C=O) groups excluding carboxylic acids is 1. The van der Waals surface area contributed by atoms with E-state index >= 15 is 0 Å². The summed E-state index contributed by atoms with van der Waals surface area (Å²) >= 11 is 10.9. The van der Waals surface area contributed by atoms with Gasteiger partial charge in [-0.25, -0.2) is 0 Å². The quantitative estimate of drug-likeness (QED) is 0.449. The molecule has 0 heterocycles. The van der Waals surface area contributed by atoms with Crippen LogP contribution in [0.4, 0.5) is 0 Å². The zero-order chi connectivity index (χ0) is 9.14. The molecule has 1 aromatic rings. The number of rotatable bonds is 2. The molecule has 0 aliphatic carbocycles. The van der Waals surface area contributed by atoms with Crippen molar-refractivity contribution in [3.63, 3.8) is 0 Å². The molecule has 0 N–H and O–H groups in total. The third-order valence-electron chi connectivity index (χ3n) is 1.35. The number of alkyl halides is 1. The largest absolute Gasteiger partial charge is 0.293 e. The fraction of sp³-hybridized carbons (Fsp3) is 0.125. The maximum atomic E-state index is 11.2. The Morgan fingerprint density at radius 3 is 2.83 bits per heavy atom. The van der Waals surface area contributed by atoms with Gasteiger partial charge >= 0.3 is 0 Å². The molecule has 4 heteroatoms. The van der Waals surface area contributed by atoms with Crippen molar-refractivity contribution in [2.24, 2.45) is 0 Å². The summed E-state index contributed by atoms with van der Waals surface area (Å²) in [6.07, 6.45) is 0. The van der Waals surface area contributed by atoms with Crippen molar-refractivity contribution in [3.8, 4) is 0 Å². The highest BCUT2D eigenvalue weighted by molar-refractivity contribution is 14.1. The lowest BCUT2D eigenvalue weighted by Gasteiger charge is -2.00. The SMILES string of the molecule is O=C(CCl)c1cc(I)ccc1Br. The van der Waals surface area contributed by atoms with Crippen LogP contribution in [0.3, 0.4) is 0 Å². The van der Waals surface area contributed by atoms with Crippen LogP contribution in [-0.4, -0.2) is 11.7 Å². The molecule has 0 bridgehead atoms. The first kappa shape index (κ1) is 10.5. The average molecular weight is 359 g/mol. The third-order valence-corrected chi connectivity index (χ3v) is 2.96. The zero-order valence-corrected chi connectivity index (χ0v) is 10.5. The molecule has 0 spiro atoms. The molecular formula is C8H5BrClIO. The number of hydrogen-bond acceptors (Lipinski definition) is 1. The lowest BCUT2D eigenvalue weighted by Crippen LogP contribution is -2.01. The molecule has 1 aromatic carbocycles. The molecule has 0 aliphatic rings. The molecular weight excluding hydrogens is 354 g/mol. The Morgan fingerprint density at radius 1 is 1.58 bits per heavy atom. The van der Waals surface area contributed by atoms with E-state index in [4.69, 9.17) is 11.6 Å². The molecule has 1 rings (SSSR count). The van der Waals surface area contributed by atoms with E-state index < -0.39 is 0 Å². The highest BCUT2D eigenvalue weighted by Gasteiger charge is 2.08. The van der Waals surface area contributed by atoms with Crippen molar-refractivity contribution in [1.29, 1.82) is 0 Å². The summed E-state index contributed by atoms with van der Waals surface area (Å²) in [5.41, 5.74) is 0.650. The second-order valence-electron chi connectivity index (χ2n) is 2.18. The molecule has 12 heavy (non-hydrogen) atoms. The second-order valence-corrected chi connectivity index (χ2v) is 4.55. The van der Waals surface area contributed by atoms with E-state index in [0.717, 1.165) is 8.04 Å². The molecule has 0 saturated carbocycles. The Hall–Kier alpha value is 0.390. The van der Waals surface area contributed by atoms with Crippen molar-refractivity contribution >= 4 is 55.9 Å². The van der Waals surface area contributed by atoms with Gasteiger partial charge in [0.15, 0.2) is 5.78 Å². The predicted octanol–water partition coefficient (Wildman–Crippen LogP) is 3.48. The minimum Gasteiger partial charge on any atom is -0.293 e. The Morgan fingerprint density at radius 2 is 2.25 bits per heavy atom. The van der Waals surface area contributed by atoms with Crippen LogP contribution in [0.25, 0.3) is 0 Å². The molecule has 0 radical (unpaired) electrons. The van der Waals surface area contributed by atoms with Crippen molar-refractivity contribution in [1.82, 2.24) is 0 Å². The van der Waals surface area contributed by atoms with Gasteiger partial charge in [-0.1, -0.05) is 15.9 Å². The van der Waals surface area contributed by atoms with Gasteiger partial charge in [0.25, 0.3) is 0 Å². The van der Waals surface area contributed by atoms with Crippen LogP contribution in [0.2, 0.25) is 0 Å². The van der Waals surface area contributed by atoms with Crippen molar-refractivity contribution in [2.45, 2.75) is 0 Å². The van der Waals surface area contributed by atoms with Crippen LogP contribution >= 0.6 is 50.1 Å². The number of halogens is 3. The summed E-state index contributed by atoms with van der Waals surface area (Å²) in [6.45, 7) is 0. The fourth-order valence-corrected chi connectivity index (χ4v) is 1.89. The summed E-state index contributed by atoms with van der Waals surface area (Å²) in [6, 6.07) is 5.59. The molecule has 0 saturated heterocycles. The smallest absolute Gasteiger partial charge is 0.178 e.